The Balaban J connectivity index is 0.000000213. The van der Waals surface area contributed by atoms with Gasteiger partial charge in [-0.05, 0) is 146 Å². The third-order valence-corrected chi connectivity index (χ3v) is 22.7. The van der Waals surface area contributed by atoms with E-state index >= 15 is 0 Å². The summed E-state index contributed by atoms with van der Waals surface area (Å²) in [7, 11) is -5.66. The fourth-order valence-electron chi connectivity index (χ4n) is 9.92. The van der Waals surface area contributed by atoms with Gasteiger partial charge in [-0.1, -0.05) is 115 Å². The first-order valence-corrected chi connectivity index (χ1v) is 34.4. The Morgan fingerprint density at radius 2 is 0.667 bits per heavy atom. The Morgan fingerprint density at radius 3 is 0.963 bits per heavy atom. The first-order chi connectivity index (χ1) is 38.7. The highest BCUT2D eigenvalue weighted by molar-refractivity contribution is 7.93. The zero-order valence-corrected chi connectivity index (χ0v) is 52.8. The normalized spacial score (nSPS) is 17.3. The third kappa shape index (κ3) is 16.1. The first-order valence-electron chi connectivity index (χ1n) is 27.4. The first kappa shape index (κ1) is 66.5. The van der Waals surface area contributed by atoms with Gasteiger partial charge in [0.05, 0.1) is 64.5 Å². The summed E-state index contributed by atoms with van der Waals surface area (Å²) in [5.41, 5.74) is 7.79. The maximum Gasteiger partial charge on any atom is 0.373 e. The van der Waals surface area contributed by atoms with Gasteiger partial charge < -0.3 is 16.0 Å². The van der Waals surface area contributed by atoms with Gasteiger partial charge in [-0.25, -0.2) is 25.3 Å². The summed E-state index contributed by atoms with van der Waals surface area (Å²) in [4.78, 5) is 37.0. The van der Waals surface area contributed by atoms with E-state index in [1.807, 2.05) is 91.5 Å². The molecule has 3 aromatic heterocycles. The highest BCUT2D eigenvalue weighted by atomic mass is 32.2. The quantitative estimate of drug-likeness (QED) is 0.0684. The number of hydrogen-bond acceptors (Lipinski definition) is 16. The van der Waals surface area contributed by atoms with Crippen LogP contribution >= 0.6 is 34.0 Å². The minimum atomic E-state index is -3.54. The number of benzene rings is 3. The van der Waals surface area contributed by atoms with Crippen molar-refractivity contribution in [2.24, 2.45) is 0 Å². The number of anilines is 3. The summed E-state index contributed by atoms with van der Waals surface area (Å²) in [6.07, 6.45) is 14.9. The molecule has 0 bridgehead atoms. The minimum Gasteiger partial charge on any atom is -0.305 e. The van der Waals surface area contributed by atoms with E-state index in [4.69, 9.17) is 19.2 Å². The van der Waals surface area contributed by atoms with E-state index in [0.717, 1.165) is 110 Å². The second-order valence-electron chi connectivity index (χ2n) is 20.1. The molecule has 3 N–H and O–H groups in total. The molecule has 0 saturated carbocycles. The van der Waals surface area contributed by atoms with E-state index in [1.54, 1.807) is 73.4 Å². The van der Waals surface area contributed by atoms with Crippen molar-refractivity contribution in [1.82, 2.24) is 16.0 Å². The maximum absolute atomic E-state index is 13.2. The van der Waals surface area contributed by atoms with Crippen LogP contribution in [0.3, 0.4) is 0 Å². The fourth-order valence-corrected chi connectivity index (χ4v) is 17.7. The number of rotatable bonds is 18. The summed E-state index contributed by atoms with van der Waals surface area (Å²) in [6.45, 7) is 15.0. The number of nitrogens with one attached hydrogen (secondary N) is 3. The molecule has 6 heterocycles. The lowest BCUT2D eigenvalue weighted by molar-refractivity contribution is -0.193. The molecule has 3 aliphatic rings. The number of unbranched alkanes of at least 4 members (excludes halogenated alkanes) is 9. The molecular weight excluding hydrogens is 1150 g/mol. The smallest absolute Gasteiger partial charge is 0.305 e. The van der Waals surface area contributed by atoms with Gasteiger partial charge in [0.15, 0.2) is 0 Å². The number of fused-ring (bicyclic) bond motifs is 6. The molecule has 6 aromatic rings. The van der Waals surface area contributed by atoms with Gasteiger partial charge in [0.25, 0.3) is 30.1 Å². The Bertz CT molecular complexity index is 3410. The monoisotopic (exact) mass is 1220 g/mol. The van der Waals surface area contributed by atoms with Crippen molar-refractivity contribution >= 4 is 93.4 Å². The van der Waals surface area contributed by atoms with Crippen molar-refractivity contribution in [3.63, 3.8) is 0 Å². The summed E-state index contributed by atoms with van der Waals surface area (Å²) < 4.78 is 82.8. The van der Waals surface area contributed by atoms with Crippen molar-refractivity contribution < 1.29 is 44.4 Å². The molecule has 0 aliphatic carbocycles. The van der Waals surface area contributed by atoms with Crippen LogP contribution in [0.5, 0.6) is 0 Å². The Hall–Kier alpha value is -5.35. The summed E-state index contributed by atoms with van der Waals surface area (Å²) in [5.74, 6) is 0. The molecule has 3 unspecified atom stereocenters. The lowest BCUT2D eigenvalue weighted by Gasteiger charge is -2.19. The molecule has 3 atom stereocenters. The largest absolute Gasteiger partial charge is 0.373 e. The molecule has 0 spiro atoms. The Morgan fingerprint density at radius 1 is 0.407 bits per heavy atom. The highest BCUT2D eigenvalue weighted by Crippen LogP contribution is 2.46. The number of carbonyl (C=O) groups excluding carboxylic acids is 4. The topological polar surface area (TPSA) is 217 Å². The molecule has 3 aromatic carbocycles. The molecule has 81 heavy (non-hydrogen) atoms. The lowest BCUT2D eigenvalue weighted by Crippen LogP contribution is -2.26. The predicted molar refractivity (Wildman–Crippen MR) is 325 cm³/mol. The lowest BCUT2D eigenvalue weighted by atomic mass is 10.0. The number of nitrogens with zero attached hydrogens (tertiary/aromatic N) is 3. The molecule has 0 amide bonds. The van der Waals surface area contributed by atoms with Gasteiger partial charge in [-0.3, -0.25) is 12.9 Å². The Kier molecular flexibility index (Phi) is 25.7. The van der Waals surface area contributed by atoms with Crippen LogP contribution in [-0.4, -0.2) is 78.3 Å². The number of thiophene rings is 3. The average molecular weight is 1220 g/mol. The number of sulfonamides is 3. The molecule has 3 aliphatic heterocycles. The van der Waals surface area contributed by atoms with Crippen LogP contribution in [0.25, 0.3) is 0 Å². The summed E-state index contributed by atoms with van der Waals surface area (Å²) in [5, 5.41) is 16.7. The third-order valence-electron chi connectivity index (χ3n) is 14.3. The van der Waals surface area contributed by atoms with Crippen LogP contribution in [-0.2, 0) is 49.2 Å². The van der Waals surface area contributed by atoms with Crippen molar-refractivity contribution in [1.29, 1.82) is 0 Å². The van der Waals surface area contributed by atoms with Crippen LogP contribution in [0.4, 0.5) is 17.1 Å². The zero-order chi connectivity index (χ0) is 59.5. The van der Waals surface area contributed by atoms with Gasteiger partial charge in [0.1, 0.15) is 0 Å². The predicted octanol–water partition coefficient (Wildman–Crippen LogP) is 12.2. The second-order valence-corrected chi connectivity index (χ2v) is 28.7. The number of hydrogen-bond donors (Lipinski definition) is 3. The molecule has 16 nitrogen and oxygen atoms in total. The molecule has 9 rings (SSSR count). The average Bonchev–Trinajstić information content (AvgIpc) is 4.28. The van der Waals surface area contributed by atoms with Crippen molar-refractivity contribution in [3.8, 4) is 0 Å². The van der Waals surface area contributed by atoms with E-state index in [2.05, 4.69) is 36.7 Å². The standard InChI is InChI=1S/C21H30N2O2S2.C19H26N2O2S2.C17H22N2O2S2.2CO2/c1-4-5-6-7-8-9-13-22-20-17-11-10-16(2)15-19(17)27(24,25)23(3)18-12-14-26-21(18)20;1-4-5-6-7-11-20-18-15-9-8-14(2)13-17(15)25(22,23)21(3)16-10-12-24-19(16)18;1-4-5-9-18-16-13-7-6-12(2)11-15(13)23(20,21)19(3)14-8-10-22-17(14)16;2*2-1-3/h10-12,14-15,20,22H,4-9,13H2,1-3H3;8-10,12-13,18,20H,4-7,11H2,1-3H3;6-8,10-11,16,18H,4-5,9H2,1-3H3;;. The van der Waals surface area contributed by atoms with Crippen LogP contribution in [0, 0.1) is 20.8 Å². The highest BCUT2D eigenvalue weighted by Gasteiger charge is 2.38. The summed E-state index contributed by atoms with van der Waals surface area (Å²) in [6, 6.07) is 22.7. The summed E-state index contributed by atoms with van der Waals surface area (Å²) >= 11 is 4.85. The van der Waals surface area contributed by atoms with E-state index in [0.29, 0.717) is 14.7 Å². The molecule has 0 radical (unpaired) electrons. The van der Waals surface area contributed by atoms with E-state index in [9.17, 15) is 25.3 Å². The molecular formula is C59H78N6O10S6. The SMILES string of the molecule is CCCCCCCCNC1c2ccc(C)cc2S(=O)(=O)N(C)c2ccsc21.CCCCCCNC1c2ccc(C)cc2S(=O)(=O)N(C)c2ccsc21.CCCCNC1c2ccc(C)cc2S(=O)(=O)N(C)c2ccsc21.O=C=O.O=C=O. The van der Waals surface area contributed by atoms with Gasteiger partial charge in [0.2, 0.25) is 0 Å². The van der Waals surface area contributed by atoms with Crippen LogP contribution in [0.2, 0.25) is 0 Å². The fraction of sp³-hybridized carbons (Fsp3) is 0.458. The van der Waals surface area contributed by atoms with Gasteiger partial charge >= 0.3 is 12.3 Å². The van der Waals surface area contributed by atoms with Crippen LogP contribution in [0.1, 0.15) is 164 Å². The number of aryl methyl sites for hydroxylation is 3. The minimum absolute atomic E-state index is 0.0769. The van der Waals surface area contributed by atoms with E-state index in [1.165, 1.54) is 64.3 Å². The van der Waals surface area contributed by atoms with E-state index < -0.39 is 30.1 Å². The zero-order valence-electron chi connectivity index (χ0n) is 47.9. The van der Waals surface area contributed by atoms with E-state index in [-0.39, 0.29) is 30.4 Å². The molecule has 22 heteroatoms. The van der Waals surface area contributed by atoms with Crippen molar-refractivity contribution in [2.75, 3.05) is 53.7 Å². The van der Waals surface area contributed by atoms with Crippen LogP contribution < -0.4 is 28.9 Å². The Labute approximate surface area is 492 Å². The van der Waals surface area contributed by atoms with Crippen molar-refractivity contribution in [3.05, 3.63) is 137 Å². The van der Waals surface area contributed by atoms with Gasteiger partial charge in [-0.2, -0.15) is 19.2 Å². The molecule has 0 fully saturated rings. The molecule has 440 valence electrons. The van der Waals surface area contributed by atoms with Crippen molar-refractivity contribution in [2.45, 2.75) is 151 Å². The van der Waals surface area contributed by atoms with Gasteiger partial charge in [0, 0.05) is 21.1 Å². The van der Waals surface area contributed by atoms with Gasteiger partial charge in [-0.15, -0.1) is 34.0 Å². The second kappa shape index (κ2) is 31.3. The van der Waals surface area contributed by atoms with Crippen LogP contribution in [0.15, 0.2) is 104 Å². The molecule has 0 saturated heterocycles. The maximum atomic E-state index is 13.2.